The van der Waals surface area contributed by atoms with Gasteiger partial charge in [-0.25, -0.2) is 0 Å². The quantitative estimate of drug-likeness (QED) is 0.726. The van der Waals surface area contributed by atoms with E-state index in [1.807, 2.05) is 22.6 Å². The average molecular weight is 422 g/mol. The number of alkyl halides is 3. The van der Waals surface area contributed by atoms with Crippen molar-refractivity contribution >= 4 is 45.5 Å². The molecule has 0 atom stereocenters. The van der Waals surface area contributed by atoms with Crippen LogP contribution in [-0.4, -0.2) is 5.91 Å². The number of nitriles is 1. The van der Waals surface area contributed by atoms with Gasteiger partial charge in [0.1, 0.15) is 0 Å². The summed E-state index contributed by atoms with van der Waals surface area (Å²) in [6.45, 7) is 0. The molecule has 8 heteroatoms. The summed E-state index contributed by atoms with van der Waals surface area (Å²) in [6, 6.07) is 6.18. The van der Waals surface area contributed by atoms with Crippen molar-refractivity contribution in [2.75, 3.05) is 5.32 Å². The molecule has 2 rings (SSSR count). The predicted molar refractivity (Wildman–Crippen MR) is 81.1 cm³/mol. The van der Waals surface area contributed by atoms with Gasteiger partial charge in [0.2, 0.25) is 0 Å². The first-order valence-electron chi connectivity index (χ1n) is 5.48. The maximum atomic E-state index is 12.8. The van der Waals surface area contributed by atoms with Crippen molar-refractivity contribution < 1.29 is 18.0 Å². The van der Waals surface area contributed by atoms with Gasteiger partial charge in [0.15, 0.2) is 0 Å². The van der Waals surface area contributed by atoms with Crippen LogP contribution < -0.4 is 5.32 Å². The molecule has 0 bridgehead atoms. The Morgan fingerprint density at radius 2 is 2.05 bits per heavy atom. The molecular weight excluding hydrogens is 416 g/mol. The van der Waals surface area contributed by atoms with E-state index in [9.17, 15) is 18.0 Å². The molecule has 0 radical (unpaired) electrons. The third-order valence-electron chi connectivity index (χ3n) is 2.53. The third-order valence-corrected chi connectivity index (χ3v) is 4.32. The topological polar surface area (TPSA) is 52.9 Å². The van der Waals surface area contributed by atoms with Crippen LogP contribution in [0.5, 0.6) is 0 Å². The number of nitrogens with one attached hydrogen (secondary N) is 1. The molecule has 0 aliphatic rings. The zero-order chi connectivity index (χ0) is 15.6. The van der Waals surface area contributed by atoms with Gasteiger partial charge in [0, 0.05) is 11.1 Å². The van der Waals surface area contributed by atoms with Crippen LogP contribution in [-0.2, 0) is 6.18 Å². The number of hydrogen-bond donors (Lipinski definition) is 1. The summed E-state index contributed by atoms with van der Waals surface area (Å²) in [4.78, 5) is 11.9. The molecule has 2 aromatic rings. The number of hydrogen-bond acceptors (Lipinski definition) is 3. The highest BCUT2D eigenvalue weighted by Crippen LogP contribution is 2.33. The molecule has 1 N–H and O–H groups in total. The van der Waals surface area contributed by atoms with E-state index in [1.54, 1.807) is 11.4 Å². The lowest BCUT2D eigenvalue weighted by atomic mass is 10.1. The minimum atomic E-state index is -4.65. The summed E-state index contributed by atoms with van der Waals surface area (Å²) < 4.78 is 39.3. The minimum absolute atomic E-state index is 0.00691. The maximum Gasteiger partial charge on any atom is 0.417 e. The van der Waals surface area contributed by atoms with Gasteiger partial charge in [-0.3, -0.25) is 4.79 Å². The Hall–Kier alpha value is -1.60. The second-order valence-electron chi connectivity index (χ2n) is 3.96. The van der Waals surface area contributed by atoms with E-state index in [1.165, 1.54) is 23.5 Å². The fourth-order valence-electron chi connectivity index (χ4n) is 1.59. The summed E-state index contributed by atoms with van der Waals surface area (Å²) in [5.41, 5.74) is -1.18. The molecule has 108 valence electrons. The molecule has 0 aliphatic carbocycles. The summed E-state index contributed by atoms with van der Waals surface area (Å²) >= 11 is 3.40. The van der Waals surface area contributed by atoms with E-state index in [4.69, 9.17) is 5.26 Å². The van der Waals surface area contributed by atoms with Crippen LogP contribution >= 0.6 is 33.9 Å². The Kier molecular flexibility index (Phi) is 4.53. The molecule has 0 spiro atoms. The molecule has 0 unspecified atom stereocenters. The van der Waals surface area contributed by atoms with Gasteiger partial charge < -0.3 is 5.32 Å². The average Bonchev–Trinajstić information content (AvgIpc) is 2.84. The van der Waals surface area contributed by atoms with E-state index >= 15 is 0 Å². The van der Waals surface area contributed by atoms with Gasteiger partial charge >= 0.3 is 6.18 Å². The van der Waals surface area contributed by atoms with Crippen molar-refractivity contribution in [2.45, 2.75) is 6.18 Å². The van der Waals surface area contributed by atoms with Crippen LogP contribution in [0.25, 0.3) is 0 Å². The Bertz CT molecular complexity index is 734. The molecule has 0 saturated carbocycles. The van der Waals surface area contributed by atoms with Gasteiger partial charge in [-0.05, 0) is 46.9 Å². The molecule has 0 fully saturated rings. The zero-order valence-electron chi connectivity index (χ0n) is 10.2. The van der Waals surface area contributed by atoms with Gasteiger partial charge in [-0.1, -0.05) is 0 Å². The van der Waals surface area contributed by atoms with Crippen molar-refractivity contribution in [3.8, 4) is 6.07 Å². The number of thiophene rings is 1. The molecular formula is C13H6F3IN2OS. The first kappa shape index (κ1) is 15.8. The Morgan fingerprint density at radius 1 is 1.33 bits per heavy atom. The van der Waals surface area contributed by atoms with Crippen LogP contribution in [0.3, 0.4) is 0 Å². The van der Waals surface area contributed by atoms with Crippen molar-refractivity contribution in [3.63, 3.8) is 0 Å². The number of carbonyl (C=O) groups excluding carboxylic acids is 1. The van der Waals surface area contributed by atoms with Gasteiger partial charge in [0.25, 0.3) is 5.91 Å². The number of carbonyl (C=O) groups is 1. The molecule has 1 heterocycles. The van der Waals surface area contributed by atoms with E-state index in [0.29, 0.717) is 5.56 Å². The number of rotatable bonds is 2. The number of benzene rings is 1. The summed E-state index contributed by atoms with van der Waals surface area (Å²) in [5, 5.41) is 12.7. The standard InChI is InChI=1S/C13H6F3IN2OS/c14-13(15,16)10-4-9(2-1-7(10)5-18)19-12(20)8-3-11(17)21-6-8/h1-4,6H,(H,19,20). The summed E-state index contributed by atoms with van der Waals surface area (Å²) in [7, 11) is 0. The summed E-state index contributed by atoms with van der Waals surface area (Å²) in [6.07, 6.45) is -4.65. The van der Waals surface area contributed by atoms with Gasteiger partial charge in [-0.15, -0.1) is 11.3 Å². The molecule has 1 aromatic heterocycles. The highest BCUT2D eigenvalue weighted by atomic mass is 127. The lowest BCUT2D eigenvalue weighted by Crippen LogP contribution is -2.13. The van der Waals surface area contributed by atoms with Crippen molar-refractivity contribution in [1.29, 1.82) is 5.26 Å². The van der Waals surface area contributed by atoms with E-state index < -0.39 is 23.2 Å². The van der Waals surface area contributed by atoms with Crippen molar-refractivity contribution in [2.24, 2.45) is 0 Å². The highest BCUT2D eigenvalue weighted by molar-refractivity contribution is 14.1. The molecule has 1 amide bonds. The number of amides is 1. The van der Waals surface area contributed by atoms with Gasteiger partial charge in [-0.2, -0.15) is 18.4 Å². The monoisotopic (exact) mass is 422 g/mol. The second kappa shape index (κ2) is 6.03. The van der Waals surface area contributed by atoms with Crippen LogP contribution in [0.2, 0.25) is 0 Å². The Morgan fingerprint density at radius 3 is 2.57 bits per heavy atom. The molecule has 3 nitrogen and oxygen atoms in total. The molecule has 0 saturated heterocycles. The fourth-order valence-corrected chi connectivity index (χ4v) is 2.91. The Labute approximate surface area is 135 Å². The third kappa shape index (κ3) is 3.74. The highest BCUT2D eigenvalue weighted by Gasteiger charge is 2.34. The maximum absolute atomic E-state index is 12.8. The van der Waals surface area contributed by atoms with E-state index in [2.05, 4.69) is 5.32 Å². The molecule has 0 aliphatic heterocycles. The van der Waals surface area contributed by atoms with Crippen molar-refractivity contribution in [1.82, 2.24) is 0 Å². The lowest BCUT2D eigenvalue weighted by Gasteiger charge is -2.11. The smallest absolute Gasteiger partial charge is 0.322 e. The lowest BCUT2D eigenvalue weighted by molar-refractivity contribution is -0.137. The number of halogens is 4. The largest absolute Gasteiger partial charge is 0.417 e. The predicted octanol–water partition coefficient (Wildman–Crippen LogP) is 4.50. The van der Waals surface area contributed by atoms with Crippen LogP contribution in [0, 0.1) is 14.2 Å². The van der Waals surface area contributed by atoms with E-state index in [0.717, 1.165) is 15.0 Å². The van der Waals surface area contributed by atoms with Crippen molar-refractivity contribution in [3.05, 3.63) is 49.2 Å². The van der Waals surface area contributed by atoms with Gasteiger partial charge in [0.05, 0.1) is 25.6 Å². The fraction of sp³-hybridized carbons (Fsp3) is 0.0769. The van der Waals surface area contributed by atoms with Crippen LogP contribution in [0.1, 0.15) is 21.5 Å². The summed E-state index contributed by atoms with van der Waals surface area (Å²) in [5.74, 6) is -0.494. The normalized spacial score (nSPS) is 11.0. The zero-order valence-corrected chi connectivity index (χ0v) is 13.1. The SMILES string of the molecule is N#Cc1ccc(NC(=O)c2csc(I)c2)cc1C(F)(F)F. The number of anilines is 1. The van der Waals surface area contributed by atoms with Crippen LogP contribution in [0.15, 0.2) is 29.6 Å². The molecule has 1 aromatic carbocycles. The van der Waals surface area contributed by atoms with Crippen LogP contribution in [0.4, 0.5) is 18.9 Å². The second-order valence-corrected chi connectivity index (χ2v) is 6.77. The molecule has 21 heavy (non-hydrogen) atoms. The first-order chi connectivity index (χ1) is 9.81. The minimum Gasteiger partial charge on any atom is -0.322 e. The number of nitrogens with zero attached hydrogens (tertiary/aromatic N) is 1. The Balaban J connectivity index is 2.30. The first-order valence-corrected chi connectivity index (χ1v) is 7.44. The van der Waals surface area contributed by atoms with E-state index in [-0.39, 0.29) is 5.69 Å².